The van der Waals surface area contributed by atoms with E-state index in [2.05, 4.69) is 0 Å². The molecule has 21 heavy (non-hydrogen) atoms. The van der Waals surface area contributed by atoms with E-state index in [4.69, 9.17) is 15.2 Å². The zero-order valence-electron chi connectivity index (χ0n) is 13.6. The topological polar surface area (TPSA) is 64.8 Å². The monoisotopic (exact) mass is 294 g/mol. The van der Waals surface area contributed by atoms with Crippen LogP contribution in [-0.2, 0) is 4.74 Å². The molecular weight excluding hydrogens is 268 g/mol. The van der Waals surface area contributed by atoms with E-state index in [1.807, 2.05) is 52.0 Å². The first-order valence-corrected chi connectivity index (χ1v) is 7.17. The first-order valence-electron chi connectivity index (χ1n) is 7.17. The normalized spacial score (nSPS) is 12.7. The summed E-state index contributed by atoms with van der Waals surface area (Å²) in [5, 5.41) is 0. The number of hydrogen-bond acceptors (Lipinski definition) is 4. The number of amides is 1. The number of carbonyl (C=O) groups is 1. The van der Waals surface area contributed by atoms with Gasteiger partial charge in [0.05, 0.1) is 12.6 Å². The summed E-state index contributed by atoms with van der Waals surface area (Å²) in [5.74, 6) is 0.803. The van der Waals surface area contributed by atoms with Crippen LogP contribution in [0.5, 0.6) is 5.75 Å². The lowest BCUT2D eigenvalue weighted by Crippen LogP contribution is -2.39. The van der Waals surface area contributed by atoms with Gasteiger partial charge in [0.2, 0.25) is 0 Å². The van der Waals surface area contributed by atoms with Crippen molar-refractivity contribution in [1.82, 2.24) is 4.90 Å². The molecule has 0 bridgehead atoms. The van der Waals surface area contributed by atoms with Crippen molar-refractivity contribution in [2.45, 2.75) is 39.3 Å². The molecule has 1 atom stereocenters. The van der Waals surface area contributed by atoms with Gasteiger partial charge in [0.15, 0.2) is 0 Å². The molecule has 1 unspecified atom stereocenters. The number of likely N-dealkylation sites (N-methyl/N-ethyl adjacent to an activating group) is 1. The van der Waals surface area contributed by atoms with Crippen molar-refractivity contribution in [3.8, 4) is 5.75 Å². The zero-order valence-corrected chi connectivity index (χ0v) is 13.6. The van der Waals surface area contributed by atoms with Gasteiger partial charge in [-0.3, -0.25) is 0 Å². The molecule has 5 nitrogen and oxygen atoms in total. The second-order valence-electron chi connectivity index (χ2n) is 5.84. The van der Waals surface area contributed by atoms with E-state index < -0.39 is 5.60 Å². The molecule has 0 saturated carbocycles. The molecule has 0 aliphatic rings. The van der Waals surface area contributed by atoms with Crippen molar-refractivity contribution >= 4 is 6.09 Å². The highest BCUT2D eigenvalue weighted by molar-refractivity contribution is 5.68. The summed E-state index contributed by atoms with van der Waals surface area (Å²) in [4.78, 5) is 13.7. The molecule has 2 N–H and O–H groups in total. The highest BCUT2D eigenvalue weighted by Crippen LogP contribution is 2.23. The maximum absolute atomic E-state index is 12.1. The maximum Gasteiger partial charge on any atom is 0.410 e. The fraction of sp³-hybridized carbons (Fsp3) is 0.562. The van der Waals surface area contributed by atoms with E-state index in [9.17, 15) is 4.79 Å². The van der Waals surface area contributed by atoms with Crippen molar-refractivity contribution in [3.05, 3.63) is 29.8 Å². The van der Waals surface area contributed by atoms with E-state index >= 15 is 0 Å². The second kappa shape index (κ2) is 7.31. The summed E-state index contributed by atoms with van der Waals surface area (Å²) in [7, 11) is 1.70. The van der Waals surface area contributed by atoms with E-state index in [-0.39, 0.29) is 12.1 Å². The Bertz CT molecular complexity index is 452. The number of hydrogen-bond donors (Lipinski definition) is 1. The Balaban J connectivity index is 2.83. The lowest BCUT2D eigenvalue weighted by atomic mass is 10.1. The molecule has 0 aliphatic heterocycles. The van der Waals surface area contributed by atoms with Crippen LogP contribution in [0, 0.1) is 0 Å². The Morgan fingerprint density at radius 3 is 2.29 bits per heavy atom. The van der Waals surface area contributed by atoms with Crippen LogP contribution >= 0.6 is 0 Å². The Morgan fingerprint density at radius 2 is 1.86 bits per heavy atom. The van der Waals surface area contributed by atoms with Crippen LogP contribution in [0.15, 0.2) is 24.3 Å². The molecule has 0 heterocycles. The Kier molecular flexibility index (Phi) is 6.03. The standard InChI is InChI=1S/C16H26N2O3/c1-6-20-13-9-7-12(8-10-13)14(11-17)18(5)15(19)21-16(2,3)4/h7-10,14H,6,11,17H2,1-5H3. The average Bonchev–Trinajstić information content (AvgIpc) is 2.39. The molecule has 1 aromatic rings. The summed E-state index contributed by atoms with van der Waals surface area (Å²) in [6.07, 6.45) is -0.383. The van der Waals surface area contributed by atoms with Crippen molar-refractivity contribution in [1.29, 1.82) is 0 Å². The predicted molar refractivity (Wildman–Crippen MR) is 83.4 cm³/mol. The molecular formula is C16H26N2O3. The number of ether oxygens (including phenoxy) is 2. The van der Waals surface area contributed by atoms with Crippen molar-refractivity contribution < 1.29 is 14.3 Å². The van der Waals surface area contributed by atoms with E-state index in [0.717, 1.165) is 11.3 Å². The summed E-state index contributed by atoms with van der Waals surface area (Å²) in [5.41, 5.74) is 6.25. The quantitative estimate of drug-likeness (QED) is 0.906. The summed E-state index contributed by atoms with van der Waals surface area (Å²) >= 11 is 0. The van der Waals surface area contributed by atoms with E-state index in [0.29, 0.717) is 13.2 Å². The predicted octanol–water partition coefficient (Wildman–Crippen LogP) is 2.95. The minimum absolute atomic E-state index is 0.226. The zero-order chi connectivity index (χ0) is 16.0. The molecule has 0 radical (unpaired) electrons. The third-order valence-electron chi connectivity index (χ3n) is 2.95. The molecule has 118 valence electrons. The van der Waals surface area contributed by atoms with Gasteiger partial charge in [0.1, 0.15) is 11.4 Å². The fourth-order valence-electron chi connectivity index (χ4n) is 1.93. The molecule has 5 heteroatoms. The lowest BCUT2D eigenvalue weighted by Gasteiger charge is -2.30. The van der Waals surface area contributed by atoms with Gasteiger partial charge >= 0.3 is 6.09 Å². The first kappa shape index (κ1) is 17.3. The van der Waals surface area contributed by atoms with Crippen LogP contribution in [-0.4, -0.2) is 36.8 Å². The Hall–Kier alpha value is -1.75. The first-order chi connectivity index (χ1) is 9.78. The smallest absolute Gasteiger partial charge is 0.410 e. The average molecular weight is 294 g/mol. The molecule has 1 aromatic carbocycles. The number of carbonyl (C=O) groups excluding carboxylic acids is 1. The van der Waals surface area contributed by atoms with E-state index in [1.54, 1.807) is 7.05 Å². The SMILES string of the molecule is CCOc1ccc(C(CN)N(C)C(=O)OC(C)(C)C)cc1. The van der Waals surface area contributed by atoms with Gasteiger partial charge in [-0.1, -0.05) is 12.1 Å². The molecule has 0 spiro atoms. The van der Waals surface area contributed by atoms with Crippen LogP contribution < -0.4 is 10.5 Å². The van der Waals surface area contributed by atoms with Crippen LogP contribution in [0.1, 0.15) is 39.3 Å². The summed E-state index contributed by atoms with van der Waals surface area (Å²) in [6.45, 7) is 8.40. The van der Waals surface area contributed by atoms with Crippen LogP contribution in [0.3, 0.4) is 0 Å². The highest BCUT2D eigenvalue weighted by Gasteiger charge is 2.25. The molecule has 0 aliphatic carbocycles. The van der Waals surface area contributed by atoms with Gasteiger partial charge in [0.25, 0.3) is 0 Å². The van der Waals surface area contributed by atoms with Crippen molar-refractivity contribution in [2.24, 2.45) is 5.73 Å². The molecule has 0 fully saturated rings. The molecule has 0 aromatic heterocycles. The number of nitrogens with two attached hydrogens (primary N) is 1. The number of rotatable bonds is 5. The Labute approximate surface area is 127 Å². The fourth-order valence-corrected chi connectivity index (χ4v) is 1.93. The van der Waals surface area contributed by atoms with Crippen LogP contribution in [0.25, 0.3) is 0 Å². The van der Waals surface area contributed by atoms with Gasteiger partial charge in [0, 0.05) is 13.6 Å². The minimum atomic E-state index is -0.524. The molecule has 0 saturated heterocycles. The van der Waals surface area contributed by atoms with Crippen LogP contribution in [0.4, 0.5) is 4.79 Å². The number of nitrogens with zero attached hydrogens (tertiary/aromatic N) is 1. The second-order valence-corrected chi connectivity index (χ2v) is 5.84. The van der Waals surface area contributed by atoms with Gasteiger partial charge in [-0.2, -0.15) is 0 Å². The van der Waals surface area contributed by atoms with Crippen molar-refractivity contribution in [3.63, 3.8) is 0 Å². The van der Waals surface area contributed by atoms with Gasteiger partial charge in [-0.25, -0.2) is 4.79 Å². The molecule has 1 rings (SSSR count). The summed E-state index contributed by atoms with van der Waals surface area (Å²) in [6, 6.07) is 7.37. The maximum atomic E-state index is 12.1. The number of benzene rings is 1. The highest BCUT2D eigenvalue weighted by atomic mass is 16.6. The van der Waals surface area contributed by atoms with Gasteiger partial charge in [-0.05, 0) is 45.4 Å². The largest absolute Gasteiger partial charge is 0.494 e. The molecule has 1 amide bonds. The van der Waals surface area contributed by atoms with Gasteiger partial charge < -0.3 is 20.1 Å². The third-order valence-corrected chi connectivity index (χ3v) is 2.95. The van der Waals surface area contributed by atoms with Crippen LogP contribution in [0.2, 0.25) is 0 Å². The van der Waals surface area contributed by atoms with Gasteiger partial charge in [-0.15, -0.1) is 0 Å². The van der Waals surface area contributed by atoms with Crippen molar-refractivity contribution in [2.75, 3.05) is 20.2 Å². The lowest BCUT2D eigenvalue weighted by molar-refractivity contribution is 0.0225. The Morgan fingerprint density at radius 1 is 1.29 bits per heavy atom. The summed E-state index contributed by atoms with van der Waals surface area (Å²) < 4.78 is 10.8. The third kappa shape index (κ3) is 5.27. The van der Waals surface area contributed by atoms with E-state index in [1.165, 1.54) is 4.90 Å². The minimum Gasteiger partial charge on any atom is -0.494 e.